The van der Waals surface area contributed by atoms with Gasteiger partial charge in [0, 0.05) is 0 Å². The van der Waals surface area contributed by atoms with Gasteiger partial charge in [-0.25, -0.2) is 0 Å². The molecular formula is C11H13ClOTe. The van der Waals surface area contributed by atoms with Crippen molar-refractivity contribution in [1.82, 2.24) is 0 Å². The summed E-state index contributed by atoms with van der Waals surface area (Å²) < 4.78 is 1.46. The Labute approximate surface area is 99.9 Å². The zero-order chi connectivity index (χ0) is 10.4. The molecule has 0 atom stereocenters. The fourth-order valence-electron chi connectivity index (χ4n) is 0.979. The molecular weight excluding hydrogens is 311 g/mol. The molecule has 0 bridgehead atoms. The standard InChI is InChI=1S/C11H13ClOTe/c1-2-3-8-14-11(13)9-4-6-10(12)7-5-9/h4-7H,2-3,8H2,1H3. The molecule has 0 saturated carbocycles. The van der Waals surface area contributed by atoms with Gasteiger partial charge in [-0.1, -0.05) is 0 Å². The summed E-state index contributed by atoms with van der Waals surface area (Å²) in [7, 11) is 0. The van der Waals surface area contributed by atoms with E-state index in [4.69, 9.17) is 11.6 Å². The molecule has 0 amide bonds. The quantitative estimate of drug-likeness (QED) is 0.599. The van der Waals surface area contributed by atoms with E-state index in [1.165, 1.54) is 12.8 Å². The van der Waals surface area contributed by atoms with Crippen LogP contribution in [0, 0.1) is 0 Å². The Kier molecular flexibility index (Phi) is 5.55. The summed E-state index contributed by atoms with van der Waals surface area (Å²) in [5, 5.41) is 0.690. The molecule has 0 aliphatic rings. The number of unbranched alkanes of at least 4 members (excludes halogenated alkanes) is 1. The first-order valence-electron chi connectivity index (χ1n) is 4.66. The molecule has 0 heterocycles. The Balaban J connectivity index is 2.48. The zero-order valence-electron chi connectivity index (χ0n) is 8.13. The van der Waals surface area contributed by atoms with Gasteiger partial charge in [-0.3, -0.25) is 0 Å². The molecule has 1 rings (SSSR count). The van der Waals surface area contributed by atoms with Gasteiger partial charge in [0.1, 0.15) is 0 Å². The topological polar surface area (TPSA) is 17.1 Å². The fraction of sp³-hybridized carbons (Fsp3) is 0.364. The van der Waals surface area contributed by atoms with Crippen LogP contribution in [0.4, 0.5) is 0 Å². The van der Waals surface area contributed by atoms with Crippen LogP contribution in [-0.4, -0.2) is 24.8 Å². The zero-order valence-corrected chi connectivity index (χ0v) is 11.2. The first kappa shape index (κ1) is 12.0. The van der Waals surface area contributed by atoms with Crippen molar-refractivity contribution in [1.29, 1.82) is 0 Å². The third kappa shape index (κ3) is 4.00. The number of halogens is 1. The summed E-state index contributed by atoms with van der Waals surface area (Å²) in [6.07, 6.45) is 2.36. The fourth-order valence-corrected chi connectivity index (χ4v) is 3.73. The maximum absolute atomic E-state index is 11.6. The predicted octanol–water partition coefficient (Wildman–Crippen LogP) is 3.40. The molecule has 0 aliphatic carbocycles. The van der Waals surface area contributed by atoms with Gasteiger partial charge in [0.2, 0.25) is 0 Å². The van der Waals surface area contributed by atoms with Gasteiger partial charge in [0.05, 0.1) is 0 Å². The van der Waals surface area contributed by atoms with Crippen LogP contribution in [0.25, 0.3) is 0 Å². The van der Waals surface area contributed by atoms with Crippen molar-refractivity contribution in [2.75, 3.05) is 0 Å². The van der Waals surface area contributed by atoms with Crippen molar-refractivity contribution in [3.05, 3.63) is 34.9 Å². The van der Waals surface area contributed by atoms with E-state index in [0.717, 1.165) is 10.0 Å². The van der Waals surface area contributed by atoms with Gasteiger partial charge >= 0.3 is 100 Å². The van der Waals surface area contributed by atoms with Gasteiger partial charge in [-0.2, -0.15) is 0 Å². The van der Waals surface area contributed by atoms with E-state index in [2.05, 4.69) is 6.92 Å². The van der Waals surface area contributed by atoms with Crippen molar-refractivity contribution >= 4 is 36.4 Å². The van der Waals surface area contributed by atoms with Gasteiger partial charge in [0.25, 0.3) is 0 Å². The van der Waals surface area contributed by atoms with Gasteiger partial charge < -0.3 is 0 Å². The number of hydrogen-bond acceptors (Lipinski definition) is 1. The van der Waals surface area contributed by atoms with Crippen LogP contribution >= 0.6 is 11.6 Å². The van der Waals surface area contributed by atoms with Gasteiger partial charge in [0.15, 0.2) is 0 Å². The molecule has 0 fully saturated rings. The van der Waals surface area contributed by atoms with Crippen molar-refractivity contribution in [2.45, 2.75) is 24.2 Å². The predicted molar refractivity (Wildman–Crippen MR) is 61.3 cm³/mol. The van der Waals surface area contributed by atoms with E-state index in [1.807, 2.05) is 12.1 Å². The average molecular weight is 324 g/mol. The summed E-state index contributed by atoms with van der Waals surface area (Å²) >= 11 is 5.25. The van der Waals surface area contributed by atoms with E-state index in [-0.39, 0.29) is 0 Å². The van der Waals surface area contributed by atoms with Crippen LogP contribution in [-0.2, 0) is 0 Å². The normalized spacial score (nSPS) is 10.1. The molecule has 76 valence electrons. The molecule has 1 nitrogen and oxygen atoms in total. The Morgan fingerprint density at radius 1 is 1.36 bits per heavy atom. The van der Waals surface area contributed by atoms with Gasteiger partial charge in [-0.05, 0) is 0 Å². The van der Waals surface area contributed by atoms with E-state index in [0.29, 0.717) is 8.85 Å². The SMILES string of the molecule is CCCC[Te]C(=O)c1ccc(Cl)cc1. The average Bonchev–Trinajstić information content (AvgIpc) is 2.19. The van der Waals surface area contributed by atoms with Crippen molar-refractivity contribution < 1.29 is 4.79 Å². The third-order valence-corrected chi connectivity index (χ3v) is 4.89. The molecule has 0 radical (unpaired) electrons. The first-order valence-corrected chi connectivity index (χ1v) is 7.86. The number of carbonyl (C=O) groups is 1. The van der Waals surface area contributed by atoms with Crippen molar-refractivity contribution in [3.8, 4) is 0 Å². The van der Waals surface area contributed by atoms with Gasteiger partial charge in [-0.15, -0.1) is 0 Å². The molecule has 0 N–H and O–H groups in total. The molecule has 3 heteroatoms. The number of hydrogen-bond donors (Lipinski definition) is 0. The minimum atomic E-state index is -0.490. The van der Waals surface area contributed by atoms with Crippen LogP contribution < -0.4 is 0 Å². The Morgan fingerprint density at radius 2 is 2.00 bits per heavy atom. The minimum absolute atomic E-state index is 0.348. The van der Waals surface area contributed by atoms with Crippen LogP contribution in [0.1, 0.15) is 30.1 Å². The molecule has 14 heavy (non-hydrogen) atoms. The Bertz CT molecular complexity index is 295. The van der Waals surface area contributed by atoms with Crippen LogP contribution in [0.3, 0.4) is 0 Å². The van der Waals surface area contributed by atoms with Crippen LogP contribution in [0.2, 0.25) is 9.49 Å². The molecule has 0 unspecified atom stereocenters. The van der Waals surface area contributed by atoms with Crippen molar-refractivity contribution in [2.24, 2.45) is 0 Å². The van der Waals surface area contributed by atoms with Crippen molar-refractivity contribution in [3.63, 3.8) is 0 Å². The molecule has 1 aromatic carbocycles. The van der Waals surface area contributed by atoms with E-state index >= 15 is 0 Å². The third-order valence-electron chi connectivity index (χ3n) is 1.81. The summed E-state index contributed by atoms with van der Waals surface area (Å²) in [6, 6.07) is 7.20. The number of rotatable bonds is 5. The van der Waals surface area contributed by atoms with Crippen LogP contribution in [0.15, 0.2) is 24.3 Å². The molecule has 1 aromatic rings. The molecule has 0 saturated heterocycles. The first-order chi connectivity index (χ1) is 6.74. The number of carbonyl (C=O) groups excluding carboxylic acids is 1. The molecule has 0 spiro atoms. The summed E-state index contributed by atoms with van der Waals surface area (Å²) in [5.74, 6) is 0. The van der Waals surface area contributed by atoms with E-state index < -0.39 is 20.9 Å². The Hall–Kier alpha value is -0.0304. The second kappa shape index (κ2) is 6.45. The monoisotopic (exact) mass is 326 g/mol. The van der Waals surface area contributed by atoms with E-state index in [1.54, 1.807) is 12.1 Å². The maximum atomic E-state index is 11.6. The Morgan fingerprint density at radius 3 is 2.57 bits per heavy atom. The second-order valence-corrected chi connectivity index (χ2v) is 6.48. The summed E-state index contributed by atoms with van der Waals surface area (Å²) in [4.78, 5) is 11.6. The van der Waals surface area contributed by atoms with Crippen LogP contribution in [0.5, 0.6) is 0 Å². The summed E-state index contributed by atoms with van der Waals surface area (Å²) in [5.41, 5.74) is 0.827. The molecule has 0 aromatic heterocycles. The second-order valence-electron chi connectivity index (χ2n) is 3.00. The molecule has 0 aliphatic heterocycles. The van der Waals surface area contributed by atoms with E-state index in [9.17, 15) is 4.79 Å². The number of benzene rings is 1. The summed E-state index contributed by atoms with van der Waals surface area (Å²) in [6.45, 7) is 2.15.